The molecule has 5 N–H and O–H groups in total. The van der Waals surface area contributed by atoms with E-state index in [1.807, 2.05) is 0 Å². The summed E-state index contributed by atoms with van der Waals surface area (Å²) in [5.74, 6) is -1.81. The molecule has 1 fully saturated rings. The first-order valence-corrected chi connectivity index (χ1v) is 12.7. The first-order valence-electron chi connectivity index (χ1n) is 11.9. The summed E-state index contributed by atoms with van der Waals surface area (Å²) in [5, 5.41) is 3.04. The third kappa shape index (κ3) is 5.40. The van der Waals surface area contributed by atoms with Gasteiger partial charge in [-0.2, -0.15) is 4.37 Å². The van der Waals surface area contributed by atoms with Crippen LogP contribution >= 0.6 is 11.5 Å². The lowest BCUT2D eigenvalue weighted by Gasteiger charge is -2.32. The van der Waals surface area contributed by atoms with E-state index in [9.17, 15) is 18.8 Å². The van der Waals surface area contributed by atoms with Crippen LogP contribution in [0.2, 0.25) is 0 Å². The van der Waals surface area contributed by atoms with Crippen LogP contribution in [-0.2, 0) is 4.79 Å². The highest BCUT2D eigenvalue weighted by Gasteiger charge is 2.37. The van der Waals surface area contributed by atoms with Crippen molar-refractivity contribution in [3.63, 3.8) is 0 Å². The molecule has 0 unspecified atom stereocenters. The second-order valence-electron chi connectivity index (χ2n) is 8.80. The number of halogens is 1. The molecule has 200 valence electrons. The number of carbonyl (C=O) groups is 3. The van der Waals surface area contributed by atoms with Crippen LogP contribution in [0.3, 0.4) is 0 Å². The van der Waals surface area contributed by atoms with Crippen LogP contribution in [0.5, 0.6) is 11.5 Å². The van der Waals surface area contributed by atoms with E-state index in [0.29, 0.717) is 28.6 Å². The fourth-order valence-electron chi connectivity index (χ4n) is 4.51. The fraction of sp³-hybridized carbons (Fsp3) is 0.308. The highest BCUT2D eigenvalue weighted by Crippen LogP contribution is 2.38. The number of nitrogens with one attached hydrogen (secondary N) is 1. The van der Waals surface area contributed by atoms with E-state index in [1.165, 1.54) is 43.4 Å². The molecule has 38 heavy (non-hydrogen) atoms. The van der Waals surface area contributed by atoms with E-state index >= 15 is 0 Å². The smallest absolute Gasteiger partial charge is 0.273 e. The number of amides is 3. The topological polar surface area (TPSA) is 150 Å². The number of benzene rings is 2. The van der Waals surface area contributed by atoms with Gasteiger partial charge in [-0.1, -0.05) is 25.0 Å². The van der Waals surface area contributed by atoms with E-state index in [-0.39, 0.29) is 28.0 Å². The average molecular weight is 542 g/mol. The molecule has 12 heteroatoms. The number of methoxy groups -OCH3 is 2. The molecular weight excluding hydrogens is 513 g/mol. The van der Waals surface area contributed by atoms with Gasteiger partial charge in [0.1, 0.15) is 16.7 Å². The van der Waals surface area contributed by atoms with Crippen molar-refractivity contribution in [2.75, 3.05) is 24.9 Å². The SMILES string of the molecule is COc1ccc(N(C(=O)c2snc(C(N)=O)c2N)[C@@H](C(=O)NC2CCCC2)c2ccc(F)cc2)cc1OC. The van der Waals surface area contributed by atoms with E-state index < -0.39 is 29.6 Å². The van der Waals surface area contributed by atoms with Crippen molar-refractivity contribution < 1.29 is 28.2 Å². The zero-order valence-corrected chi connectivity index (χ0v) is 21.7. The zero-order valence-electron chi connectivity index (χ0n) is 20.9. The van der Waals surface area contributed by atoms with E-state index in [1.54, 1.807) is 18.2 Å². The van der Waals surface area contributed by atoms with Crippen molar-refractivity contribution in [2.45, 2.75) is 37.8 Å². The van der Waals surface area contributed by atoms with Gasteiger partial charge in [-0.05, 0) is 54.2 Å². The van der Waals surface area contributed by atoms with Gasteiger partial charge in [-0.3, -0.25) is 19.3 Å². The Labute approximate surface area is 222 Å². The minimum atomic E-state index is -1.22. The molecule has 1 aromatic heterocycles. The monoisotopic (exact) mass is 541 g/mol. The molecule has 0 saturated heterocycles. The summed E-state index contributed by atoms with van der Waals surface area (Å²) in [4.78, 5) is 40.9. The molecule has 1 aliphatic rings. The number of carbonyl (C=O) groups excluding carboxylic acids is 3. The first kappa shape index (κ1) is 26.9. The molecule has 3 amide bonds. The maximum atomic E-state index is 14.1. The molecule has 3 aromatic rings. The predicted octanol–water partition coefficient (Wildman–Crippen LogP) is 3.43. The fourth-order valence-corrected chi connectivity index (χ4v) is 5.25. The number of rotatable bonds is 9. The van der Waals surface area contributed by atoms with Crippen molar-refractivity contribution in [1.29, 1.82) is 0 Å². The number of nitrogens with zero attached hydrogens (tertiary/aromatic N) is 2. The molecule has 1 heterocycles. The van der Waals surface area contributed by atoms with E-state index in [4.69, 9.17) is 20.9 Å². The average Bonchev–Trinajstić information content (AvgIpc) is 3.56. The predicted molar refractivity (Wildman–Crippen MR) is 141 cm³/mol. The van der Waals surface area contributed by atoms with Gasteiger partial charge in [0, 0.05) is 17.8 Å². The molecule has 0 bridgehead atoms. The van der Waals surface area contributed by atoms with Gasteiger partial charge in [0.05, 0.1) is 19.9 Å². The normalized spacial score (nSPS) is 14.1. The number of aromatic nitrogens is 1. The van der Waals surface area contributed by atoms with Crippen LogP contribution in [0, 0.1) is 5.82 Å². The minimum Gasteiger partial charge on any atom is -0.493 e. The number of hydrogen-bond acceptors (Lipinski definition) is 8. The van der Waals surface area contributed by atoms with Gasteiger partial charge in [-0.25, -0.2) is 4.39 Å². The first-order chi connectivity index (χ1) is 18.2. The summed E-state index contributed by atoms with van der Waals surface area (Å²) in [6.07, 6.45) is 3.60. The number of ether oxygens (including phenoxy) is 2. The third-order valence-corrected chi connectivity index (χ3v) is 7.26. The molecule has 1 saturated carbocycles. The molecule has 1 atom stereocenters. The Morgan fingerprint density at radius 1 is 1.08 bits per heavy atom. The summed E-state index contributed by atoms with van der Waals surface area (Å²) in [6, 6.07) is 8.77. The van der Waals surface area contributed by atoms with Crippen molar-refractivity contribution in [1.82, 2.24) is 9.69 Å². The molecule has 4 rings (SSSR count). The van der Waals surface area contributed by atoms with Crippen molar-refractivity contribution in [3.05, 3.63) is 64.4 Å². The summed E-state index contributed by atoms with van der Waals surface area (Å²) in [6.45, 7) is 0. The van der Waals surface area contributed by atoms with E-state index in [2.05, 4.69) is 9.69 Å². The summed E-state index contributed by atoms with van der Waals surface area (Å²) in [5.41, 5.74) is 11.7. The van der Waals surface area contributed by atoms with Crippen LogP contribution in [-0.4, -0.2) is 42.4 Å². The number of nitrogens with two attached hydrogens (primary N) is 2. The van der Waals surface area contributed by atoms with Crippen molar-refractivity contribution in [2.24, 2.45) is 5.73 Å². The molecule has 2 aromatic carbocycles. The second kappa shape index (κ2) is 11.5. The molecule has 0 spiro atoms. The van der Waals surface area contributed by atoms with Crippen LogP contribution in [0.25, 0.3) is 0 Å². The molecule has 0 aliphatic heterocycles. The quantitative estimate of drug-likeness (QED) is 0.376. The minimum absolute atomic E-state index is 0.0530. The maximum absolute atomic E-state index is 14.1. The van der Waals surface area contributed by atoms with Crippen molar-refractivity contribution in [3.8, 4) is 11.5 Å². The largest absolute Gasteiger partial charge is 0.493 e. The number of anilines is 2. The van der Waals surface area contributed by atoms with Crippen molar-refractivity contribution >= 4 is 40.6 Å². The lowest BCUT2D eigenvalue weighted by molar-refractivity contribution is -0.123. The molecule has 0 radical (unpaired) electrons. The molecule has 1 aliphatic carbocycles. The van der Waals surface area contributed by atoms with Crippen LogP contribution in [0.4, 0.5) is 15.8 Å². The van der Waals surface area contributed by atoms with Crippen LogP contribution in [0.15, 0.2) is 42.5 Å². The Hall–Kier alpha value is -4.19. The Bertz CT molecular complexity index is 1340. The second-order valence-corrected chi connectivity index (χ2v) is 9.57. The Balaban J connectivity index is 1.89. The number of hydrogen-bond donors (Lipinski definition) is 3. The zero-order chi connectivity index (χ0) is 27.4. The van der Waals surface area contributed by atoms with Gasteiger partial charge in [0.2, 0.25) is 5.91 Å². The Morgan fingerprint density at radius 2 is 1.74 bits per heavy atom. The maximum Gasteiger partial charge on any atom is 0.273 e. The van der Waals surface area contributed by atoms with Gasteiger partial charge in [0.25, 0.3) is 11.8 Å². The lowest BCUT2D eigenvalue weighted by Crippen LogP contribution is -2.46. The molecular formula is C26H28FN5O5S. The lowest BCUT2D eigenvalue weighted by atomic mass is 10.0. The summed E-state index contributed by atoms with van der Waals surface area (Å²) < 4.78 is 28.6. The highest BCUT2D eigenvalue weighted by molar-refractivity contribution is 7.09. The summed E-state index contributed by atoms with van der Waals surface area (Å²) in [7, 11) is 2.92. The number of nitrogen functional groups attached to an aromatic ring is 1. The summed E-state index contributed by atoms with van der Waals surface area (Å²) >= 11 is 0.698. The van der Waals surface area contributed by atoms with Gasteiger partial charge in [0.15, 0.2) is 17.2 Å². The van der Waals surface area contributed by atoms with Gasteiger partial charge >= 0.3 is 0 Å². The van der Waals surface area contributed by atoms with E-state index in [0.717, 1.165) is 25.7 Å². The van der Waals surface area contributed by atoms with Crippen LogP contribution in [0.1, 0.15) is 57.4 Å². The Kier molecular flexibility index (Phi) is 8.10. The standard InChI is InChI=1S/C26H28FN5O5S/c1-36-18-12-11-17(13-19(18)37-2)32(26(35)23-20(28)21(24(29)33)31-38-23)22(14-7-9-15(27)10-8-14)25(34)30-16-5-3-4-6-16/h7-13,16,22H,3-6,28H2,1-2H3,(H2,29,33)(H,30,34)/t22-/m1/s1. The number of primary amides is 1. The van der Waals surface area contributed by atoms with Gasteiger partial charge in [-0.15, -0.1) is 0 Å². The van der Waals surface area contributed by atoms with Gasteiger partial charge < -0.3 is 26.3 Å². The van der Waals surface area contributed by atoms with Crippen LogP contribution < -0.4 is 31.2 Å². The molecule has 10 nitrogen and oxygen atoms in total. The third-order valence-electron chi connectivity index (χ3n) is 6.41. The highest BCUT2D eigenvalue weighted by atomic mass is 32.1. The Morgan fingerprint density at radius 3 is 2.32 bits per heavy atom.